The van der Waals surface area contributed by atoms with Crippen LogP contribution in [0.2, 0.25) is 0 Å². The van der Waals surface area contributed by atoms with Crippen molar-refractivity contribution in [3.8, 4) is 0 Å². The summed E-state index contributed by atoms with van der Waals surface area (Å²) < 4.78 is 6.14. The van der Waals surface area contributed by atoms with Gasteiger partial charge in [0.2, 0.25) is 0 Å². The fraction of sp³-hybridized carbons (Fsp3) is 0.650. The highest BCUT2D eigenvalue weighted by Gasteiger charge is 2.76. The van der Waals surface area contributed by atoms with Gasteiger partial charge in [0, 0.05) is 0 Å². The van der Waals surface area contributed by atoms with Crippen molar-refractivity contribution >= 4 is 5.97 Å². The van der Waals surface area contributed by atoms with Gasteiger partial charge in [0.15, 0.2) is 0 Å². The first-order valence-corrected chi connectivity index (χ1v) is 8.82. The van der Waals surface area contributed by atoms with Crippen molar-refractivity contribution in [2.75, 3.05) is 0 Å². The average molecular weight is 296 g/mol. The van der Waals surface area contributed by atoms with Crippen LogP contribution in [0.4, 0.5) is 0 Å². The summed E-state index contributed by atoms with van der Waals surface area (Å²) in [7, 11) is 0. The molecular weight excluding hydrogens is 272 g/mol. The maximum atomic E-state index is 12.6. The molecule has 0 aromatic heterocycles. The molecule has 4 aliphatic carbocycles. The van der Waals surface area contributed by atoms with Crippen molar-refractivity contribution < 1.29 is 9.53 Å². The molecule has 116 valence electrons. The first kappa shape index (κ1) is 13.2. The summed E-state index contributed by atoms with van der Waals surface area (Å²) in [6, 6.07) is 7.78. The fourth-order valence-corrected chi connectivity index (χ4v) is 6.83. The van der Waals surface area contributed by atoms with Crippen molar-refractivity contribution in [1.82, 2.24) is 0 Å². The van der Waals surface area contributed by atoms with Crippen molar-refractivity contribution in [2.24, 2.45) is 29.1 Å². The average Bonchev–Trinajstić information content (AvgIpc) is 2.99. The first-order valence-electron chi connectivity index (χ1n) is 8.82. The minimum absolute atomic E-state index is 0.109. The molecule has 1 aromatic carbocycles. The van der Waals surface area contributed by atoms with Gasteiger partial charge in [0.05, 0.1) is 5.56 Å². The van der Waals surface area contributed by atoms with Gasteiger partial charge in [-0.25, -0.2) is 4.79 Å². The Morgan fingerprint density at radius 3 is 2.50 bits per heavy atom. The molecule has 5 rings (SSSR count). The summed E-state index contributed by atoms with van der Waals surface area (Å²) in [5.74, 6) is 3.37. The quantitative estimate of drug-likeness (QED) is 0.758. The lowest BCUT2D eigenvalue weighted by molar-refractivity contribution is -0.0579. The standard InChI is InChI=1S/C20H24O2/c1-12-3-5-14(6-4-12)18(21)22-19-9-15-7-13(2)17-8-16(10-19)20(15,17)11-19/h3-6,13,15-17H,7-11H2,1-2H3/t13-,15?,16?,17?,19?,20?/m1/s1. The van der Waals surface area contributed by atoms with E-state index in [9.17, 15) is 4.79 Å². The van der Waals surface area contributed by atoms with Crippen LogP contribution in [0.5, 0.6) is 0 Å². The second-order valence-corrected chi connectivity index (χ2v) is 8.58. The molecule has 6 atom stereocenters. The van der Waals surface area contributed by atoms with E-state index in [0.717, 1.165) is 42.9 Å². The lowest BCUT2D eigenvalue weighted by Gasteiger charge is -2.52. The van der Waals surface area contributed by atoms with E-state index < -0.39 is 0 Å². The maximum absolute atomic E-state index is 12.6. The van der Waals surface area contributed by atoms with Crippen molar-refractivity contribution in [2.45, 2.75) is 51.6 Å². The summed E-state index contributed by atoms with van der Waals surface area (Å²) in [6.07, 6.45) is 6.17. The summed E-state index contributed by atoms with van der Waals surface area (Å²) in [5, 5.41) is 0. The Morgan fingerprint density at radius 1 is 1.14 bits per heavy atom. The molecule has 0 aliphatic heterocycles. The Balaban J connectivity index is 1.39. The number of fused-ring (bicyclic) bond motifs is 1. The summed E-state index contributed by atoms with van der Waals surface area (Å²) in [5.41, 5.74) is 2.32. The highest BCUT2D eigenvalue weighted by Crippen LogP contribution is 2.80. The number of rotatable bonds is 2. The number of esters is 1. The molecule has 0 heterocycles. The van der Waals surface area contributed by atoms with E-state index in [4.69, 9.17) is 4.74 Å². The molecule has 0 saturated heterocycles. The molecule has 0 N–H and O–H groups in total. The van der Waals surface area contributed by atoms with Gasteiger partial charge in [-0.15, -0.1) is 0 Å². The van der Waals surface area contributed by atoms with Crippen molar-refractivity contribution in [1.29, 1.82) is 0 Å². The Hall–Kier alpha value is -1.31. The summed E-state index contributed by atoms with van der Waals surface area (Å²) in [6.45, 7) is 4.48. The number of hydrogen-bond acceptors (Lipinski definition) is 2. The minimum Gasteiger partial charge on any atom is -0.455 e. The minimum atomic E-state index is -0.133. The van der Waals surface area contributed by atoms with Crippen LogP contribution in [0, 0.1) is 36.0 Å². The predicted molar refractivity (Wildman–Crippen MR) is 84.5 cm³/mol. The van der Waals surface area contributed by atoms with E-state index in [1.54, 1.807) is 0 Å². The van der Waals surface area contributed by atoms with Gasteiger partial charge in [-0.05, 0) is 80.2 Å². The third kappa shape index (κ3) is 1.44. The second kappa shape index (κ2) is 3.96. The highest BCUT2D eigenvalue weighted by molar-refractivity contribution is 5.89. The van der Waals surface area contributed by atoms with E-state index in [1.165, 1.54) is 18.4 Å². The largest absolute Gasteiger partial charge is 0.455 e. The number of ether oxygens (including phenoxy) is 1. The van der Waals surface area contributed by atoms with E-state index >= 15 is 0 Å². The van der Waals surface area contributed by atoms with Gasteiger partial charge in [0.1, 0.15) is 5.60 Å². The van der Waals surface area contributed by atoms with Gasteiger partial charge in [-0.2, -0.15) is 0 Å². The highest BCUT2D eigenvalue weighted by atomic mass is 16.6. The van der Waals surface area contributed by atoms with E-state index in [1.807, 2.05) is 31.2 Å². The lowest BCUT2D eigenvalue weighted by Crippen LogP contribution is -2.47. The smallest absolute Gasteiger partial charge is 0.338 e. The van der Waals surface area contributed by atoms with Crippen molar-refractivity contribution in [3.05, 3.63) is 35.4 Å². The van der Waals surface area contributed by atoms with E-state index in [-0.39, 0.29) is 11.6 Å². The molecule has 5 unspecified atom stereocenters. The zero-order valence-corrected chi connectivity index (χ0v) is 13.5. The van der Waals surface area contributed by atoms with Crippen LogP contribution in [-0.2, 0) is 4.74 Å². The fourth-order valence-electron chi connectivity index (χ4n) is 6.83. The molecule has 4 fully saturated rings. The SMILES string of the molecule is Cc1ccc(C(=O)OC23CC4CC5[C@H](C)CC(C2)C45C3)cc1. The predicted octanol–water partition coefficient (Wildman–Crippen LogP) is 4.37. The van der Waals surface area contributed by atoms with Crippen LogP contribution in [0.15, 0.2) is 24.3 Å². The zero-order chi connectivity index (χ0) is 15.1. The molecule has 2 heteroatoms. The molecule has 4 saturated carbocycles. The van der Waals surface area contributed by atoms with Crippen LogP contribution >= 0.6 is 0 Å². The summed E-state index contributed by atoms with van der Waals surface area (Å²) >= 11 is 0. The normalized spacial score (nSPS) is 47.2. The summed E-state index contributed by atoms with van der Waals surface area (Å²) in [4.78, 5) is 12.6. The number of aryl methyl sites for hydroxylation is 1. The Labute approximate surface area is 132 Å². The Morgan fingerprint density at radius 2 is 1.82 bits per heavy atom. The van der Waals surface area contributed by atoms with Gasteiger partial charge in [-0.3, -0.25) is 0 Å². The number of carbonyl (C=O) groups excluding carboxylic acids is 1. The first-order chi connectivity index (χ1) is 10.5. The molecule has 4 aliphatic rings. The number of benzene rings is 1. The van der Waals surface area contributed by atoms with Crippen LogP contribution in [-0.4, -0.2) is 11.6 Å². The lowest BCUT2D eigenvalue weighted by atomic mass is 9.52. The molecule has 0 amide bonds. The van der Waals surface area contributed by atoms with Crippen LogP contribution in [0.3, 0.4) is 0 Å². The van der Waals surface area contributed by atoms with Crippen LogP contribution in [0.1, 0.15) is 54.9 Å². The van der Waals surface area contributed by atoms with Gasteiger partial charge in [0.25, 0.3) is 0 Å². The van der Waals surface area contributed by atoms with Gasteiger partial charge >= 0.3 is 5.97 Å². The van der Waals surface area contributed by atoms with E-state index in [0.29, 0.717) is 11.0 Å². The zero-order valence-electron chi connectivity index (χ0n) is 13.5. The third-order valence-corrected chi connectivity index (χ3v) is 7.55. The van der Waals surface area contributed by atoms with Crippen LogP contribution < -0.4 is 0 Å². The number of hydrogen-bond donors (Lipinski definition) is 0. The van der Waals surface area contributed by atoms with Crippen molar-refractivity contribution in [3.63, 3.8) is 0 Å². The van der Waals surface area contributed by atoms with E-state index in [2.05, 4.69) is 6.92 Å². The topological polar surface area (TPSA) is 26.3 Å². The molecule has 2 bridgehead atoms. The van der Waals surface area contributed by atoms with Crippen LogP contribution in [0.25, 0.3) is 0 Å². The maximum Gasteiger partial charge on any atom is 0.338 e. The molecular formula is C20H24O2. The van der Waals surface area contributed by atoms with Gasteiger partial charge in [-0.1, -0.05) is 24.6 Å². The third-order valence-electron chi connectivity index (χ3n) is 7.55. The Bertz CT molecular complexity index is 648. The molecule has 1 aromatic rings. The molecule has 0 radical (unpaired) electrons. The number of carbonyl (C=O) groups is 1. The molecule has 2 nitrogen and oxygen atoms in total. The molecule has 22 heavy (non-hydrogen) atoms. The van der Waals surface area contributed by atoms with Gasteiger partial charge < -0.3 is 4.74 Å². The Kier molecular flexibility index (Phi) is 2.37. The second-order valence-electron chi connectivity index (χ2n) is 8.58. The monoisotopic (exact) mass is 296 g/mol. The molecule has 1 spiro atoms.